The minimum absolute atomic E-state index is 0.0921. The summed E-state index contributed by atoms with van der Waals surface area (Å²) in [6.45, 7) is 5.81. The minimum Gasteiger partial charge on any atom is -0.374 e. The van der Waals surface area contributed by atoms with E-state index in [-0.39, 0.29) is 17.8 Å². The smallest absolute Gasteiger partial charge is 0.374 e. The van der Waals surface area contributed by atoms with Gasteiger partial charge in [-0.05, 0) is 36.5 Å². The van der Waals surface area contributed by atoms with Crippen molar-refractivity contribution in [1.29, 1.82) is 0 Å². The molecule has 21 heavy (non-hydrogen) atoms. The monoisotopic (exact) mass is 320 g/mol. The van der Waals surface area contributed by atoms with Gasteiger partial charge in [0.15, 0.2) is 0 Å². The van der Waals surface area contributed by atoms with E-state index in [9.17, 15) is 31.4 Å². The van der Waals surface area contributed by atoms with Gasteiger partial charge in [-0.25, -0.2) is 0 Å². The molecule has 0 aromatic heterocycles. The highest BCUT2D eigenvalue weighted by molar-refractivity contribution is 4.96. The maximum absolute atomic E-state index is 12.7. The van der Waals surface area contributed by atoms with Crippen LogP contribution in [0.4, 0.5) is 26.3 Å². The van der Waals surface area contributed by atoms with Gasteiger partial charge >= 0.3 is 12.4 Å². The molecule has 1 aliphatic rings. The van der Waals surface area contributed by atoms with Crippen LogP contribution in [0.5, 0.6) is 0 Å². The van der Waals surface area contributed by atoms with Gasteiger partial charge in [0.25, 0.3) is 5.60 Å². The van der Waals surface area contributed by atoms with E-state index in [1.54, 1.807) is 0 Å². The number of aliphatic hydroxyl groups is 1. The lowest BCUT2D eigenvalue weighted by atomic mass is 9.68. The van der Waals surface area contributed by atoms with Crippen LogP contribution in [-0.2, 0) is 0 Å². The molecule has 0 saturated heterocycles. The average Bonchev–Trinajstić information content (AvgIpc) is 2.28. The summed E-state index contributed by atoms with van der Waals surface area (Å²) in [5.74, 6) is -0.185. The Morgan fingerprint density at radius 1 is 1.00 bits per heavy atom. The Hall–Kier alpha value is -0.460. The first-order chi connectivity index (χ1) is 9.29. The third-order valence-corrected chi connectivity index (χ3v) is 4.74. The van der Waals surface area contributed by atoms with Gasteiger partial charge in [-0.1, -0.05) is 33.6 Å². The van der Waals surface area contributed by atoms with E-state index < -0.39 is 30.3 Å². The maximum Gasteiger partial charge on any atom is 0.426 e. The number of hydrogen-bond donors (Lipinski definition) is 1. The zero-order chi connectivity index (χ0) is 16.6. The van der Waals surface area contributed by atoms with E-state index in [4.69, 9.17) is 0 Å². The first kappa shape index (κ1) is 18.6. The molecular formula is C14H22F6O. The van der Waals surface area contributed by atoms with Crippen molar-refractivity contribution in [2.75, 3.05) is 0 Å². The molecule has 0 heterocycles. The van der Waals surface area contributed by atoms with E-state index in [0.717, 1.165) is 0 Å². The third-order valence-electron chi connectivity index (χ3n) is 4.74. The predicted molar refractivity (Wildman–Crippen MR) is 66.5 cm³/mol. The molecule has 0 bridgehead atoms. The van der Waals surface area contributed by atoms with Gasteiger partial charge in [0.2, 0.25) is 0 Å². The van der Waals surface area contributed by atoms with Crippen molar-refractivity contribution in [3.8, 4) is 0 Å². The number of rotatable bonds is 3. The molecule has 126 valence electrons. The molecule has 0 aromatic carbocycles. The van der Waals surface area contributed by atoms with Crippen molar-refractivity contribution in [2.24, 2.45) is 23.7 Å². The summed E-state index contributed by atoms with van der Waals surface area (Å²) in [6, 6.07) is 0. The molecule has 1 N–H and O–H groups in total. The first-order valence-corrected chi connectivity index (χ1v) is 7.15. The van der Waals surface area contributed by atoms with Gasteiger partial charge in [-0.2, -0.15) is 26.3 Å². The molecule has 0 spiro atoms. The molecule has 0 radical (unpaired) electrons. The summed E-state index contributed by atoms with van der Waals surface area (Å²) in [6.07, 6.45) is -11.5. The average molecular weight is 320 g/mol. The summed E-state index contributed by atoms with van der Waals surface area (Å²) in [7, 11) is 0. The van der Waals surface area contributed by atoms with Crippen molar-refractivity contribution < 1.29 is 31.4 Å². The van der Waals surface area contributed by atoms with Crippen molar-refractivity contribution in [3.63, 3.8) is 0 Å². The number of halogens is 6. The molecule has 0 amide bonds. The van der Waals surface area contributed by atoms with E-state index >= 15 is 0 Å². The Kier molecular flexibility index (Phi) is 5.29. The highest BCUT2D eigenvalue weighted by Gasteiger charge is 2.70. The fraction of sp³-hybridized carbons (Fsp3) is 1.00. The van der Waals surface area contributed by atoms with Gasteiger partial charge in [0.1, 0.15) is 0 Å². The molecule has 0 aliphatic heterocycles. The van der Waals surface area contributed by atoms with Crippen molar-refractivity contribution >= 4 is 0 Å². The second kappa shape index (κ2) is 5.97. The Bertz CT molecular complexity index is 332. The van der Waals surface area contributed by atoms with Crippen LogP contribution >= 0.6 is 0 Å². The first-order valence-electron chi connectivity index (χ1n) is 7.15. The summed E-state index contributed by atoms with van der Waals surface area (Å²) < 4.78 is 76.3. The van der Waals surface area contributed by atoms with E-state index in [0.29, 0.717) is 19.3 Å². The van der Waals surface area contributed by atoms with Gasteiger partial charge in [0, 0.05) is 0 Å². The molecule has 7 heteroatoms. The summed E-state index contributed by atoms with van der Waals surface area (Å²) in [5.41, 5.74) is -4.60. The fourth-order valence-corrected chi connectivity index (χ4v) is 3.37. The molecule has 3 unspecified atom stereocenters. The molecule has 1 saturated carbocycles. The Balaban J connectivity index is 2.91. The molecule has 0 aromatic rings. The quantitative estimate of drug-likeness (QED) is 0.730. The molecule has 1 fully saturated rings. The lowest BCUT2D eigenvalue weighted by Gasteiger charge is -2.41. The van der Waals surface area contributed by atoms with Crippen LogP contribution in [0.2, 0.25) is 0 Å². The van der Waals surface area contributed by atoms with Crippen LogP contribution in [0, 0.1) is 23.7 Å². The Morgan fingerprint density at radius 3 is 1.86 bits per heavy atom. The highest BCUT2D eigenvalue weighted by Crippen LogP contribution is 2.50. The number of hydrogen-bond acceptors (Lipinski definition) is 1. The van der Waals surface area contributed by atoms with Crippen molar-refractivity contribution in [1.82, 2.24) is 0 Å². The largest absolute Gasteiger partial charge is 0.426 e. The molecule has 1 nitrogen and oxygen atoms in total. The molecule has 1 aliphatic carbocycles. The van der Waals surface area contributed by atoms with E-state index in [1.165, 1.54) is 0 Å². The standard InChI is InChI=1S/C14H22F6O/c1-8(2)11-6-10(5-4-9(11)3)7-12(21,13(15,16)17)14(18,19)20/h8-11,21H,4-7H2,1-3H3. The van der Waals surface area contributed by atoms with Gasteiger partial charge in [0.05, 0.1) is 0 Å². The van der Waals surface area contributed by atoms with E-state index in [2.05, 4.69) is 0 Å². The number of alkyl halides is 6. The van der Waals surface area contributed by atoms with Crippen LogP contribution in [0.25, 0.3) is 0 Å². The van der Waals surface area contributed by atoms with Crippen LogP contribution in [0.1, 0.15) is 46.5 Å². The molecular weight excluding hydrogens is 298 g/mol. The van der Waals surface area contributed by atoms with Crippen LogP contribution in [0.15, 0.2) is 0 Å². The van der Waals surface area contributed by atoms with Gasteiger partial charge < -0.3 is 5.11 Å². The van der Waals surface area contributed by atoms with Gasteiger partial charge in [-0.15, -0.1) is 0 Å². The van der Waals surface area contributed by atoms with Crippen molar-refractivity contribution in [3.05, 3.63) is 0 Å². The second-order valence-electron chi connectivity index (χ2n) is 6.62. The molecule has 1 rings (SSSR count). The Morgan fingerprint density at radius 2 is 1.48 bits per heavy atom. The molecule has 3 atom stereocenters. The normalized spacial score (nSPS) is 29.0. The fourth-order valence-electron chi connectivity index (χ4n) is 3.37. The topological polar surface area (TPSA) is 20.2 Å². The van der Waals surface area contributed by atoms with Crippen LogP contribution in [-0.4, -0.2) is 23.1 Å². The Labute approximate surface area is 120 Å². The lowest BCUT2D eigenvalue weighted by Crippen LogP contribution is -2.58. The maximum atomic E-state index is 12.7. The predicted octanol–water partition coefficient (Wildman–Crippen LogP) is 4.94. The second-order valence-corrected chi connectivity index (χ2v) is 6.62. The van der Waals surface area contributed by atoms with Gasteiger partial charge in [-0.3, -0.25) is 0 Å². The summed E-state index contributed by atoms with van der Waals surface area (Å²) >= 11 is 0. The SMILES string of the molecule is CC(C)C1CC(CC(O)(C(F)(F)F)C(F)(F)F)CCC1C. The van der Waals surface area contributed by atoms with Crippen molar-refractivity contribution in [2.45, 2.75) is 64.4 Å². The zero-order valence-corrected chi connectivity index (χ0v) is 12.4. The zero-order valence-electron chi connectivity index (χ0n) is 12.4. The lowest BCUT2D eigenvalue weighted by molar-refractivity contribution is -0.373. The summed E-state index contributed by atoms with van der Waals surface area (Å²) in [4.78, 5) is 0. The summed E-state index contributed by atoms with van der Waals surface area (Å²) in [5, 5.41) is 9.28. The van der Waals surface area contributed by atoms with Crippen LogP contribution in [0.3, 0.4) is 0 Å². The third kappa shape index (κ3) is 3.85. The highest BCUT2D eigenvalue weighted by atomic mass is 19.4. The van der Waals surface area contributed by atoms with Crippen LogP contribution < -0.4 is 0 Å². The van der Waals surface area contributed by atoms with E-state index in [1.807, 2.05) is 20.8 Å². The minimum atomic E-state index is -5.71.